The third kappa shape index (κ3) is 10.3. The van der Waals surface area contributed by atoms with Crippen molar-refractivity contribution in [1.29, 1.82) is 0 Å². The molecule has 0 aromatic heterocycles. The Balaban J connectivity index is 1.11. The lowest BCUT2D eigenvalue weighted by atomic mass is 9.45. The normalized spacial score (nSPS) is 51.0. The van der Waals surface area contributed by atoms with Crippen LogP contribution in [0.5, 0.6) is 0 Å². The zero-order valence-corrected chi connectivity index (χ0v) is 39.4. The highest BCUT2D eigenvalue weighted by atomic mass is 16.8. The van der Waals surface area contributed by atoms with E-state index in [0.29, 0.717) is 19.3 Å². The molecule has 26 atom stereocenters. The number of aliphatic hydroxyl groups is 10. The SMILES string of the molecule is C=C[C@](C)(CC[C@@]1(C)[C@H](C)C[C@H](O[C@@H]2O[C@@H](C)[C@H](O[C@@H]3O[C@H](COC(C)=O)[C@@H](O)[C@H](O)[C@H]3O)[C@@H](O)[C@H]2O)[C@@]2(C)C(C)=CCC[C@H]12)O[C@@H]1O[C@H](C)[C@H](O[C@@H]2O[C@@H](C)[C@H](O)[C@@H](O)[C@H]2O)[C@H](O)[C@H]1O. The Morgan fingerprint density at radius 2 is 1.23 bits per heavy atom. The van der Waals surface area contributed by atoms with Crippen LogP contribution in [-0.2, 0) is 47.4 Å². The predicted molar refractivity (Wildman–Crippen MR) is 228 cm³/mol. The van der Waals surface area contributed by atoms with Crippen molar-refractivity contribution in [3.05, 3.63) is 24.3 Å². The fourth-order valence-electron chi connectivity index (χ4n) is 11.1. The van der Waals surface area contributed by atoms with E-state index in [4.69, 9.17) is 42.6 Å². The van der Waals surface area contributed by atoms with Crippen LogP contribution in [0.25, 0.3) is 0 Å². The van der Waals surface area contributed by atoms with Crippen molar-refractivity contribution in [2.45, 2.75) is 229 Å². The van der Waals surface area contributed by atoms with E-state index >= 15 is 0 Å². The standard InChI is InChI=1S/C46H76O20/c1-11-44(8,66-43-37(57)33(53)39(23(6)61-43)64-41-34(54)30(50)28(48)21(4)59-41)15-16-45(9)20(3)17-27(46(10)19(2)13-12-14-26(45)46)63-40-36(56)32(52)38(22(5)60-40)65-42-35(55)31(51)29(49)25(62-42)18-58-24(7)47/h11,13,20-23,25-43,48-57H,1,12,14-18H2,2-10H3/t20-,21+,22+,23-,25-,26-,27+,28+,29-,30-,31+,32+,33-,34-,35-,36-,37-,38+,39+,40+,41+,42+,43+,44-,45+,46+/m1/s1. The van der Waals surface area contributed by atoms with Crippen molar-refractivity contribution >= 4 is 5.97 Å². The molecular formula is C46H76O20. The molecule has 0 aromatic rings. The second-order valence-corrected chi connectivity index (χ2v) is 20.3. The molecule has 0 aromatic carbocycles. The summed E-state index contributed by atoms with van der Waals surface area (Å²) in [6.07, 6.45) is -21.2. The van der Waals surface area contributed by atoms with Gasteiger partial charge in [-0.3, -0.25) is 4.79 Å². The van der Waals surface area contributed by atoms with E-state index in [-0.39, 0.29) is 17.3 Å². The predicted octanol–water partition coefficient (Wildman–Crippen LogP) is -0.576. The molecule has 66 heavy (non-hydrogen) atoms. The molecule has 4 saturated heterocycles. The topological polar surface area (TPSA) is 302 Å². The second-order valence-electron chi connectivity index (χ2n) is 20.3. The minimum Gasteiger partial charge on any atom is -0.463 e. The lowest BCUT2D eigenvalue weighted by Crippen LogP contribution is -2.65. The van der Waals surface area contributed by atoms with Gasteiger partial charge in [-0.2, -0.15) is 0 Å². The molecule has 2 aliphatic carbocycles. The second kappa shape index (κ2) is 20.9. The van der Waals surface area contributed by atoms with E-state index in [0.717, 1.165) is 25.3 Å². The molecule has 0 bridgehead atoms. The van der Waals surface area contributed by atoms with Crippen LogP contribution in [-0.4, -0.2) is 198 Å². The smallest absolute Gasteiger partial charge is 0.302 e. The highest BCUT2D eigenvalue weighted by Crippen LogP contribution is 2.63. The Kier molecular flexibility index (Phi) is 17.0. The van der Waals surface area contributed by atoms with E-state index in [9.17, 15) is 55.9 Å². The molecular weight excluding hydrogens is 872 g/mol. The van der Waals surface area contributed by atoms with Gasteiger partial charge in [0.1, 0.15) is 86.0 Å². The third-order valence-corrected chi connectivity index (χ3v) is 16.0. The summed E-state index contributed by atoms with van der Waals surface area (Å²) in [6.45, 7) is 20.0. The number of allylic oxidation sites excluding steroid dienone is 1. The maximum Gasteiger partial charge on any atom is 0.302 e. The van der Waals surface area contributed by atoms with Crippen molar-refractivity contribution in [1.82, 2.24) is 0 Å². The number of aliphatic hydroxyl groups excluding tert-OH is 10. The number of hydrogen-bond donors (Lipinski definition) is 10. The molecule has 20 heteroatoms. The number of carbonyl (C=O) groups is 1. The molecule has 5 fully saturated rings. The van der Waals surface area contributed by atoms with Gasteiger partial charge in [-0.05, 0) is 84.0 Å². The summed E-state index contributed by atoms with van der Waals surface area (Å²) in [6, 6.07) is 0. The van der Waals surface area contributed by atoms with Crippen LogP contribution in [0.3, 0.4) is 0 Å². The summed E-state index contributed by atoms with van der Waals surface area (Å²) in [4.78, 5) is 11.4. The first-order valence-corrected chi connectivity index (χ1v) is 23.3. The number of carbonyl (C=O) groups excluding carboxylic acids is 1. The summed E-state index contributed by atoms with van der Waals surface area (Å²) in [5, 5.41) is 108. The summed E-state index contributed by atoms with van der Waals surface area (Å²) < 4.78 is 53.4. The minimum atomic E-state index is -1.75. The van der Waals surface area contributed by atoms with Gasteiger partial charge in [0.15, 0.2) is 25.2 Å². The Morgan fingerprint density at radius 1 is 0.727 bits per heavy atom. The van der Waals surface area contributed by atoms with Gasteiger partial charge in [-0.1, -0.05) is 38.5 Å². The molecule has 6 aliphatic rings. The minimum absolute atomic E-state index is 0.0438. The van der Waals surface area contributed by atoms with Crippen molar-refractivity contribution < 1.29 is 98.5 Å². The molecule has 10 N–H and O–H groups in total. The van der Waals surface area contributed by atoms with E-state index in [1.54, 1.807) is 19.9 Å². The molecule has 0 unspecified atom stereocenters. The highest BCUT2D eigenvalue weighted by molar-refractivity contribution is 5.65. The Bertz CT molecular complexity index is 1690. The van der Waals surface area contributed by atoms with E-state index in [1.807, 2.05) is 6.92 Å². The van der Waals surface area contributed by atoms with Gasteiger partial charge in [-0.25, -0.2) is 0 Å². The molecule has 20 nitrogen and oxygen atoms in total. The first-order chi connectivity index (χ1) is 30.8. The Morgan fingerprint density at radius 3 is 1.80 bits per heavy atom. The van der Waals surface area contributed by atoms with Gasteiger partial charge in [0, 0.05) is 12.3 Å². The monoisotopic (exact) mass is 948 g/mol. The van der Waals surface area contributed by atoms with Crippen LogP contribution in [0.2, 0.25) is 0 Å². The zero-order chi connectivity index (χ0) is 49.0. The summed E-state index contributed by atoms with van der Waals surface area (Å²) in [5.74, 6) is -0.551. The first kappa shape index (κ1) is 53.6. The molecule has 4 heterocycles. The van der Waals surface area contributed by atoms with E-state index in [1.165, 1.54) is 6.92 Å². The Labute approximate surface area is 386 Å². The average molecular weight is 949 g/mol. The van der Waals surface area contributed by atoms with Gasteiger partial charge in [0.2, 0.25) is 0 Å². The van der Waals surface area contributed by atoms with E-state index in [2.05, 4.69) is 40.3 Å². The molecule has 0 radical (unpaired) electrons. The van der Waals surface area contributed by atoms with Crippen LogP contribution in [0.1, 0.15) is 94.4 Å². The lowest BCUT2D eigenvalue weighted by molar-refractivity contribution is -0.364. The van der Waals surface area contributed by atoms with E-state index < -0.39 is 153 Å². The Hall–Kier alpha value is -1.77. The van der Waals surface area contributed by atoms with Crippen molar-refractivity contribution in [2.75, 3.05) is 6.61 Å². The lowest BCUT2D eigenvalue weighted by Gasteiger charge is -2.61. The van der Waals surface area contributed by atoms with Crippen molar-refractivity contribution in [3.8, 4) is 0 Å². The number of fused-ring (bicyclic) bond motifs is 1. The largest absolute Gasteiger partial charge is 0.463 e. The quantitative estimate of drug-likeness (QED) is 0.0770. The molecule has 6 rings (SSSR count). The summed E-state index contributed by atoms with van der Waals surface area (Å²) >= 11 is 0. The fourth-order valence-corrected chi connectivity index (χ4v) is 11.1. The maximum atomic E-state index is 11.5. The summed E-state index contributed by atoms with van der Waals surface area (Å²) in [7, 11) is 0. The number of ether oxygens (including phenoxy) is 9. The fraction of sp³-hybridized carbons (Fsp3) is 0.891. The third-order valence-electron chi connectivity index (χ3n) is 16.0. The molecule has 4 aliphatic heterocycles. The first-order valence-electron chi connectivity index (χ1n) is 23.3. The number of rotatable bonds is 14. The van der Waals surface area contributed by atoms with Gasteiger partial charge < -0.3 is 93.7 Å². The molecule has 1 saturated carbocycles. The highest BCUT2D eigenvalue weighted by Gasteiger charge is 2.60. The van der Waals surface area contributed by atoms with Gasteiger partial charge in [-0.15, -0.1) is 6.58 Å². The van der Waals surface area contributed by atoms with Gasteiger partial charge >= 0.3 is 5.97 Å². The van der Waals surface area contributed by atoms with Crippen LogP contribution < -0.4 is 0 Å². The number of hydrogen-bond acceptors (Lipinski definition) is 20. The zero-order valence-electron chi connectivity index (χ0n) is 39.4. The van der Waals surface area contributed by atoms with Gasteiger partial charge in [0.05, 0.1) is 30.0 Å². The van der Waals surface area contributed by atoms with Crippen LogP contribution in [0, 0.1) is 22.7 Å². The molecule has 380 valence electrons. The van der Waals surface area contributed by atoms with Crippen molar-refractivity contribution in [3.63, 3.8) is 0 Å². The van der Waals surface area contributed by atoms with Gasteiger partial charge in [0.25, 0.3) is 0 Å². The molecule has 0 amide bonds. The average Bonchev–Trinajstić information content (AvgIpc) is 3.27. The van der Waals surface area contributed by atoms with Crippen LogP contribution >= 0.6 is 0 Å². The maximum absolute atomic E-state index is 11.5. The van der Waals surface area contributed by atoms with Crippen molar-refractivity contribution in [2.24, 2.45) is 22.7 Å². The molecule has 0 spiro atoms. The van der Waals surface area contributed by atoms with Crippen LogP contribution in [0.15, 0.2) is 24.3 Å². The number of esters is 1. The van der Waals surface area contributed by atoms with Crippen LogP contribution in [0.4, 0.5) is 0 Å². The summed E-state index contributed by atoms with van der Waals surface area (Å²) in [5.41, 5.74) is -0.798.